The Morgan fingerprint density at radius 1 is 1.22 bits per heavy atom. The van der Waals surface area contributed by atoms with Gasteiger partial charge < -0.3 is 25.2 Å². The number of piperidine rings is 1. The number of aliphatic hydroxyl groups is 1. The number of halogens is 2. The number of anilines is 1. The lowest BCUT2D eigenvalue weighted by molar-refractivity contribution is -0.118. The third-order valence-corrected chi connectivity index (χ3v) is 6.85. The summed E-state index contributed by atoms with van der Waals surface area (Å²) in [6.45, 7) is 2.15. The second-order valence-corrected chi connectivity index (χ2v) is 9.26. The van der Waals surface area contributed by atoms with E-state index in [2.05, 4.69) is 25.5 Å². The number of carbonyl (C=O) groups excluding carboxylic acids is 1. The number of aliphatic hydroxyl groups excluding tert-OH is 1. The second kappa shape index (κ2) is 10.2. The van der Waals surface area contributed by atoms with Crippen molar-refractivity contribution in [2.45, 2.75) is 31.2 Å². The van der Waals surface area contributed by atoms with Crippen LogP contribution in [0.1, 0.15) is 18.2 Å². The lowest BCUT2D eigenvalue weighted by Crippen LogP contribution is -2.54. The zero-order valence-electron chi connectivity index (χ0n) is 19.7. The Kier molecular flexibility index (Phi) is 6.99. The number of likely N-dealkylation sites (tertiary alicyclic amines) is 1. The van der Waals surface area contributed by atoms with E-state index < -0.39 is 11.9 Å². The largest absolute Gasteiger partial charge is 0.486 e. The van der Waals surface area contributed by atoms with E-state index in [0.717, 1.165) is 11.9 Å². The molecular formula is C24H26ClFN6O5. The van der Waals surface area contributed by atoms with Gasteiger partial charge in [0.1, 0.15) is 12.1 Å². The predicted octanol–water partition coefficient (Wildman–Crippen LogP) is 0.842. The summed E-state index contributed by atoms with van der Waals surface area (Å²) in [6.07, 6.45) is 1.15. The van der Waals surface area contributed by atoms with Crippen molar-refractivity contribution in [1.82, 2.24) is 24.8 Å². The third kappa shape index (κ3) is 4.85. The van der Waals surface area contributed by atoms with Crippen molar-refractivity contribution < 1.29 is 23.8 Å². The summed E-state index contributed by atoms with van der Waals surface area (Å²) in [6, 6.07) is 6.13. The Morgan fingerprint density at radius 2 is 2.08 bits per heavy atom. The van der Waals surface area contributed by atoms with Gasteiger partial charge in [-0.15, -0.1) is 12.4 Å². The van der Waals surface area contributed by atoms with Crippen molar-refractivity contribution in [2.24, 2.45) is 0 Å². The molecule has 11 nitrogen and oxygen atoms in total. The van der Waals surface area contributed by atoms with E-state index in [0.29, 0.717) is 55.2 Å². The maximum atomic E-state index is 14.3. The van der Waals surface area contributed by atoms with Gasteiger partial charge in [0.15, 0.2) is 29.7 Å². The van der Waals surface area contributed by atoms with Crippen LogP contribution in [-0.4, -0.2) is 75.4 Å². The van der Waals surface area contributed by atoms with Gasteiger partial charge in [0.25, 0.3) is 11.5 Å². The fourth-order valence-corrected chi connectivity index (χ4v) is 5.10. The molecule has 0 unspecified atom stereocenters. The number of nitrogens with zero attached hydrogens (tertiary/aromatic N) is 4. The highest BCUT2D eigenvalue weighted by molar-refractivity contribution is 5.94. The summed E-state index contributed by atoms with van der Waals surface area (Å²) >= 11 is 0. The van der Waals surface area contributed by atoms with Crippen LogP contribution in [0, 0.1) is 5.82 Å². The molecule has 1 fully saturated rings. The van der Waals surface area contributed by atoms with Gasteiger partial charge in [0, 0.05) is 31.7 Å². The minimum Gasteiger partial charge on any atom is -0.486 e. The number of pyridine rings is 3. The summed E-state index contributed by atoms with van der Waals surface area (Å²) in [7, 11) is 0. The van der Waals surface area contributed by atoms with Crippen LogP contribution < -0.4 is 25.7 Å². The fourth-order valence-electron chi connectivity index (χ4n) is 5.10. The van der Waals surface area contributed by atoms with E-state index in [1.54, 1.807) is 16.7 Å². The van der Waals surface area contributed by atoms with Crippen LogP contribution >= 0.6 is 12.4 Å². The molecule has 3 atom stereocenters. The van der Waals surface area contributed by atoms with Gasteiger partial charge in [-0.3, -0.25) is 24.0 Å². The number of ether oxygens (including phenoxy) is 2. The number of amides is 1. The smallest absolute Gasteiger partial charge is 0.263 e. The first-order valence-corrected chi connectivity index (χ1v) is 11.8. The number of carbonyl (C=O) groups is 1. The van der Waals surface area contributed by atoms with Gasteiger partial charge in [-0.1, -0.05) is 0 Å². The maximum absolute atomic E-state index is 14.3. The number of hydrogen-bond acceptors (Lipinski definition) is 9. The number of nitrogens with one attached hydrogen (secondary N) is 2. The number of hydrogen-bond donors (Lipinski definition) is 3. The van der Waals surface area contributed by atoms with Gasteiger partial charge in [0.05, 0.1) is 29.6 Å². The van der Waals surface area contributed by atoms with Gasteiger partial charge in [-0.25, -0.2) is 9.37 Å². The Morgan fingerprint density at radius 3 is 2.92 bits per heavy atom. The summed E-state index contributed by atoms with van der Waals surface area (Å²) < 4.78 is 26.9. The molecule has 3 aliphatic rings. The molecule has 3 N–H and O–H groups in total. The van der Waals surface area contributed by atoms with Crippen LogP contribution in [0.5, 0.6) is 11.5 Å². The van der Waals surface area contributed by atoms with Crippen LogP contribution in [0.25, 0.3) is 11.0 Å². The molecule has 0 radical (unpaired) electrons. The minimum atomic E-state index is -0.636. The van der Waals surface area contributed by atoms with Gasteiger partial charge in [-0.2, -0.15) is 0 Å². The zero-order valence-corrected chi connectivity index (χ0v) is 20.5. The standard InChI is InChI=1S/C24H25FN6O5.ClH/c25-15-8-27-17-2-4-21(34)31-14(11-36-23(15)22(17)31)9-30-6-5-16(18(32)10-30)26-7-13-1-3-19-24(28-13)29-20(33)12-35-19;/h1-4,8,14,16,18,26,32H,5-7,9-12H2,(H,28,29,33);1H/t14-,16+,18-;/m1./s1. The lowest BCUT2D eigenvalue weighted by atomic mass is 10.0. The Balaban J connectivity index is 0.00000280. The van der Waals surface area contributed by atoms with Crippen molar-refractivity contribution in [2.75, 3.05) is 38.2 Å². The Bertz CT molecular complexity index is 1400. The molecule has 3 aromatic heterocycles. The molecule has 0 aromatic carbocycles. The summed E-state index contributed by atoms with van der Waals surface area (Å²) in [4.78, 5) is 34.8. The predicted molar refractivity (Wildman–Crippen MR) is 134 cm³/mol. The molecule has 0 spiro atoms. The van der Waals surface area contributed by atoms with Gasteiger partial charge in [-0.05, 0) is 31.2 Å². The summed E-state index contributed by atoms with van der Waals surface area (Å²) in [5.74, 6) is 0.159. The topological polar surface area (TPSA) is 131 Å². The first-order chi connectivity index (χ1) is 17.5. The molecule has 6 rings (SSSR count). The van der Waals surface area contributed by atoms with E-state index in [4.69, 9.17) is 9.47 Å². The number of rotatable bonds is 5. The molecule has 6 heterocycles. The molecule has 1 amide bonds. The van der Waals surface area contributed by atoms with E-state index in [-0.39, 0.29) is 54.9 Å². The lowest BCUT2D eigenvalue weighted by Gasteiger charge is -2.39. The van der Waals surface area contributed by atoms with Crippen LogP contribution in [-0.2, 0) is 11.3 Å². The highest BCUT2D eigenvalue weighted by atomic mass is 35.5. The monoisotopic (exact) mass is 532 g/mol. The molecule has 196 valence electrons. The summed E-state index contributed by atoms with van der Waals surface area (Å²) in [5.41, 5.74) is 1.36. The molecule has 0 bridgehead atoms. The first-order valence-electron chi connectivity index (χ1n) is 11.8. The van der Waals surface area contributed by atoms with Crippen molar-refractivity contribution >= 4 is 35.2 Å². The third-order valence-electron chi connectivity index (χ3n) is 6.85. The molecule has 3 aliphatic heterocycles. The molecule has 3 aromatic rings. The number of aromatic nitrogens is 3. The van der Waals surface area contributed by atoms with Crippen molar-refractivity contribution in [3.63, 3.8) is 0 Å². The van der Waals surface area contributed by atoms with E-state index in [1.165, 1.54) is 6.07 Å². The van der Waals surface area contributed by atoms with Crippen molar-refractivity contribution in [3.05, 3.63) is 52.3 Å². The highest BCUT2D eigenvalue weighted by Crippen LogP contribution is 2.33. The highest BCUT2D eigenvalue weighted by Gasteiger charge is 2.32. The first kappa shape index (κ1) is 25.3. The second-order valence-electron chi connectivity index (χ2n) is 9.26. The molecule has 1 saturated heterocycles. The van der Waals surface area contributed by atoms with Gasteiger partial charge in [0.2, 0.25) is 0 Å². The van der Waals surface area contributed by atoms with E-state index >= 15 is 0 Å². The average Bonchev–Trinajstić information content (AvgIpc) is 2.87. The van der Waals surface area contributed by atoms with E-state index in [1.807, 2.05) is 6.07 Å². The molecule has 0 aliphatic carbocycles. The fraction of sp³-hybridized carbons (Fsp3) is 0.417. The van der Waals surface area contributed by atoms with Gasteiger partial charge >= 0.3 is 0 Å². The van der Waals surface area contributed by atoms with Crippen LogP contribution in [0.3, 0.4) is 0 Å². The molecule has 0 saturated carbocycles. The Labute approximate surface area is 217 Å². The molecular weight excluding hydrogens is 507 g/mol. The normalized spacial score (nSPS) is 22.9. The van der Waals surface area contributed by atoms with Crippen LogP contribution in [0.2, 0.25) is 0 Å². The zero-order chi connectivity index (χ0) is 24.8. The van der Waals surface area contributed by atoms with Crippen LogP contribution in [0.4, 0.5) is 10.2 Å². The Hall–Kier alpha value is -3.32. The molecule has 13 heteroatoms. The summed E-state index contributed by atoms with van der Waals surface area (Å²) in [5, 5.41) is 16.9. The minimum absolute atomic E-state index is 0. The number of β-amino-alcohol motifs (C(OH)–C–C–N with tert-alkyl or cyclic N) is 1. The SMILES string of the molecule is Cl.O=C1COc2ccc(CN[C@H]3CCN(C[C@@H]4COc5c(F)cnc6ccc(=O)n4c56)C[C@H]3O)nc2N1. The quantitative estimate of drug-likeness (QED) is 0.437. The van der Waals surface area contributed by atoms with Crippen LogP contribution in [0.15, 0.2) is 35.3 Å². The molecule has 37 heavy (non-hydrogen) atoms. The average molecular weight is 533 g/mol. The van der Waals surface area contributed by atoms with E-state index in [9.17, 15) is 19.1 Å². The van der Waals surface area contributed by atoms with Crippen molar-refractivity contribution in [1.29, 1.82) is 0 Å². The maximum Gasteiger partial charge on any atom is 0.263 e. The number of fused-ring (bicyclic) bond motifs is 1. The van der Waals surface area contributed by atoms with Crippen molar-refractivity contribution in [3.8, 4) is 11.5 Å².